The van der Waals surface area contributed by atoms with Gasteiger partial charge in [-0.05, 0) is 43.2 Å². The van der Waals surface area contributed by atoms with Gasteiger partial charge in [0.25, 0.3) is 0 Å². The normalized spacial score (nSPS) is 12.5. The van der Waals surface area contributed by atoms with Gasteiger partial charge in [-0.25, -0.2) is 21.6 Å². The molecular weight excluding hydrogens is 432 g/mol. The van der Waals surface area contributed by atoms with Crippen LogP contribution in [0.5, 0.6) is 0 Å². The highest BCUT2D eigenvalue weighted by Crippen LogP contribution is 2.30. The van der Waals surface area contributed by atoms with Gasteiger partial charge in [0, 0.05) is 0 Å². The molecule has 0 fully saturated rings. The Kier molecular flexibility index (Phi) is 5.74. The number of benzene rings is 2. The molecule has 0 saturated heterocycles. The number of carboxylic acids is 1. The molecule has 8 nitrogen and oxygen atoms in total. The first-order valence-corrected chi connectivity index (χ1v) is 12.6. The Balaban J connectivity index is 2.52. The lowest BCUT2D eigenvalue weighted by Crippen LogP contribution is -2.13. The highest BCUT2D eigenvalue weighted by Gasteiger charge is 2.26. The first-order valence-electron chi connectivity index (χ1n) is 9.25. The van der Waals surface area contributed by atoms with E-state index in [0.29, 0.717) is 6.42 Å². The number of carbonyl (C=O) groups is 1. The Morgan fingerprint density at radius 1 is 0.933 bits per heavy atom. The van der Waals surface area contributed by atoms with Gasteiger partial charge in [0.05, 0.1) is 32.7 Å². The van der Waals surface area contributed by atoms with Crippen molar-refractivity contribution in [1.82, 2.24) is 0 Å². The molecule has 0 bridgehead atoms. The molecule has 1 aromatic heterocycles. The minimum atomic E-state index is -3.93. The van der Waals surface area contributed by atoms with Crippen molar-refractivity contribution in [2.75, 3.05) is 11.5 Å². The summed E-state index contributed by atoms with van der Waals surface area (Å²) in [5.41, 5.74) is -1.08. The third-order valence-corrected chi connectivity index (χ3v) is 8.41. The molecule has 0 aliphatic heterocycles. The zero-order valence-electron chi connectivity index (χ0n) is 16.3. The summed E-state index contributed by atoms with van der Waals surface area (Å²) in [6, 6.07) is 5.77. The number of carboxylic acid groups (broad SMARTS) is 1. The van der Waals surface area contributed by atoms with Crippen molar-refractivity contribution >= 4 is 47.6 Å². The van der Waals surface area contributed by atoms with E-state index < -0.39 is 31.1 Å². The van der Waals surface area contributed by atoms with E-state index in [1.807, 2.05) is 0 Å². The van der Waals surface area contributed by atoms with E-state index in [4.69, 9.17) is 4.42 Å². The Bertz CT molecular complexity index is 1430. The van der Waals surface area contributed by atoms with Crippen molar-refractivity contribution in [3.8, 4) is 0 Å². The van der Waals surface area contributed by atoms with Gasteiger partial charge >= 0.3 is 5.97 Å². The Hall–Kier alpha value is -2.72. The fourth-order valence-corrected chi connectivity index (χ4v) is 6.15. The predicted octanol–water partition coefficient (Wildman–Crippen LogP) is 3.01. The van der Waals surface area contributed by atoms with Crippen molar-refractivity contribution in [3.63, 3.8) is 0 Å². The minimum Gasteiger partial charge on any atom is -0.478 e. The smallest absolute Gasteiger partial charge is 0.335 e. The maximum Gasteiger partial charge on any atom is 0.335 e. The summed E-state index contributed by atoms with van der Waals surface area (Å²) in [5.74, 6) is -1.71. The number of aromatic carboxylic acids is 1. The van der Waals surface area contributed by atoms with Gasteiger partial charge in [0.2, 0.25) is 5.43 Å². The maximum atomic E-state index is 13.1. The molecule has 0 aliphatic carbocycles. The number of hydrogen-bond donors (Lipinski definition) is 1. The SMILES string of the molecule is CCCS(=O)(=O)c1cc(S(=O)(=O)CCC)c2oc3ccc(C(=O)O)cc3c(=O)c2c1. The van der Waals surface area contributed by atoms with E-state index in [0.717, 1.165) is 18.2 Å². The zero-order valence-corrected chi connectivity index (χ0v) is 18.0. The van der Waals surface area contributed by atoms with Gasteiger partial charge in [-0.1, -0.05) is 13.8 Å². The quantitative estimate of drug-likeness (QED) is 0.540. The summed E-state index contributed by atoms with van der Waals surface area (Å²) in [5, 5.41) is 8.87. The molecule has 3 rings (SSSR count). The molecule has 0 atom stereocenters. The molecule has 10 heteroatoms. The Labute approximate surface area is 173 Å². The third kappa shape index (κ3) is 3.84. The topological polar surface area (TPSA) is 136 Å². The lowest BCUT2D eigenvalue weighted by atomic mass is 10.1. The van der Waals surface area contributed by atoms with E-state index in [9.17, 15) is 31.5 Å². The number of hydrogen-bond acceptors (Lipinski definition) is 7. The summed E-state index contributed by atoms with van der Waals surface area (Å²) in [4.78, 5) is 23.7. The van der Waals surface area contributed by atoms with E-state index in [-0.39, 0.29) is 55.2 Å². The molecule has 0 radical (unpaired) electrons. The molecule has 0 amide bonds. The van der Waals surface area contributed by atoms with Crippen molar-refractivity contribution in [1.29, 1.82) is 0 Å². The van der Waals surface area contributed by atoms with Gasteiger partial charge in [-0.2, -0.15) is 0 Å². The molecule has 0 saturated carbocycles. The average Bonchev–Trinajstić information content (AvgIpc) is 2.67. The van der Waals surface area contributed by atoms with Crippen LogP contribution in [0.2, 0.25) is 0 Å². The van der Waals surface area contributed by atoms with Crippen LogP contribution in [0.4, 0.5) is 0 Å². The lowest BCUT2D eigenvalue weighted by Gasteiger charge is -2.11. The molecule has 0 spiro atoms. The number of fused-ring (bicyclic) bond motifs is 2. The second kappa shape index (κ2) is 7.84. The summed E-state index contributed by atoms with van der Waals surface area (Å²) in [6.07, 6.45) is 0.598. The summed E-state index contributed by atoms with van der Waals surface area (Å²) >= 11 is 0. The van der Waals surface area contributed by atoms with Crippen LogP contribution in [-0.4, -0.2) is 39.4 Å². The largest absolute Gasteiger partial charge is 0.478 e. The Morgan fingerprint density at radius 3 is 2.17 bits per heavy atom. The molecule has 160 valence electrons. The van der Waals surface area contributed by atoms with Gasteiger partial charge in [0.15, 0.2) is 25.3 Å². The van der Waals surface area contributed by atoms with Crippen LogP contribution in [0, 0.1) is 0 Å². The fraction of sp³-hybridized carbons (Fsp3) is 0.300. The van der Waals surface area contributed by atoms with Crippen molar-refractivity contribution in [3.05, 3.63) is 46.1 Å². The molecule has 1 heterocycles. The molecule has 0 aliphatic rings. The second-order valence-electron chi connectivity index (χ2n) is 6.88. The van der Waals surface area contributed by atoms with Gasteiger partial charge in [0.1, 0.15) is 10.5 Å². The van der Waals surface area contributed by atoms with Crippen LogP contribution < -0.4 is 5.43 Å². The highest BCUT2D eigenvalue weighted by molar-refractivity contribution is 7.92. The fourth-order valence-electron chi connectivity index (χ4n) is 3.21. The van der Waals surface area contributed by atoms with E-state index in [1.165, 1.54) is 12.1 Å². The van der Waals surface area contributed by atoms with E-state index in [2.05, 4.69) is 0 Å². The van der Waals surface area contributed by atoms with Crippen LogP contribution in [0.1, 0.15) is 37.0 Å². The first kappa shape index (κ1) is 22.0. The summed E-state index contributed by atoms with van der Waals surface area (Å²) in [6.45, 7) is 3.33. The van der Waals surface area contributed by atoms with Crippen LogP contribution in [-0.2, 0) is 19.7 Å². The van der Waals surface area contributed by atoms with Crippen molar-refractivity contribution in [2.45, 2.75) is 36.5 Å². The zero-order chi connectivity index (χ0) is 22.3. The van der Waals surface area contributed by atoms with Crippen LogP contribution in [0.25, 0.3) is 21.9 Å². The molecule has 2 aromatic carbocycles. The van der Waals surface area contributed by atoms with Crippen LogP contribution in [0.15, 0.2) is 49.3 Å². The predicted molar refractivity (Wildman–Crippen MR) is 112 cm³/mol. The minimum absolute atomic E-state index is 0.00890. The lowest BCUT2D eigenvalue weighted by molar-refractivity contribution is 0.0697. The highest BCUT2D eigenvalue weighted by atomic mass is 32.2. The third-order valence-electron chi connectivity index (χ3n) is 4.60. The van der Waals surface area contributed by atoms with Crippen molar-refractivity contribution < 1.29 is 31.2 Å². The average molecular weight is 453 g/mol. The molecule has 3 aromatic rings. The number of sulfone groups is 2. The van der Waals surface area contributed by atoms with Crippen LogP contribution in [0.3, 0.4) is 0 Å². The Morgan fingerprint density at radius 2 is 1.57 bits per heavy atom. The number of rotatable bonds is 7. The van der Waals surface area contributed by atoms with Gasteiger partial charge < -0.3 is 9.52 Å². The summed E-state index contributed by atoms with van der Waals surface area (Å²) in [7, 11) is -7.76. The van der Waals surface area contributed by atoms with E-state index >= 15 is 0 Å². The molecular formula is C20H20O8S2. The van der Waals surface area contributed by atoms with Crippen LogP contribution >= 0.6 is 0 Å². The van der Waals surface area contributed by atoms with Crippen molar-refractivity contribution in [2.24, 2.45) is 0 Å². The first-order chi connectivity index (χ1) is 14.0. The van der Waals surface area contributed by atoms with Gasteiger partial charge in [-0.15, -0.1) is 0 Å². The standard InChI is InChI=1S/C20H20O8S2/c1-3-7-29(24,25)13-10-15-18(21)14-9-12(20(22)23)5-6-16(14)28-19(15)17(11-13)30(26,27)8-4-2/h5-6,9-11H,3-4,7-8H2,1-2H3,(H,22,23). The van der Waals surface area contributed by atoms with E-state index in [1.54, 1.807) is 13.8 Å². The monoisotopic (exact) mass is 452 g/mol. The molecule has 30 heavy (non-hydrogen) atoms. The van der Waals surface area contributed by atoms with Gasteiger partial charge in [-0.3, -0.25) is 4.79 Å². The summed E-state index contributed by atoms with van der Waals surface area (Å²) < 4.78 is 56.6. The molecule has 1 N–H and O–H groups in total. The second-order valence-corrected chi connectivity index (χ2v) is 11.1. The maximum absolute atomic E-state index is 13.1. The molecule has 0 unspecified atom stereocenters.